The van der Waals surface area contributed by atoms with Crippen LogP contribution in [0.4, 0.5) is 17.1 Å². The first-order chi connectivity index (χ1) is 16.9. The van der Waals surface area contributed by atoms with Crippen LogP contribution < -0.4 is 15.0 Å². The SMILES string of the molecule is COc1ccc(N2C(=O)/C(=C\c3cccs3)N=C2SCC(=O)Nc2cccc([N+](=O)[O-])c2)cc1Cl. The number of amidine groups is 1. The topological polar surface area (TPSA) is 114 Å². The van der Waals surface area contributed by atoms with E-state index in [0.29, 0.717) is 27.3 Å². The molecule has 35 heavy (non-hydrogen) atoms. The number of nitrogens with zero attached hydrogens (tertiary/aromatic N) is 3. The summed E-state index contributed by atoms with van der Waals surface area (Å²) in [5.41, 5.74) is 0.861. The number of anilines is 2. The number of rotatable bonds is 7. The van der Waals surface area contributed by atoms with Crippen molar-refractivity contribution in [1.82, 2.24) is 0 Å². The quantitative estimate of drug-likeness (QED) is 0.248. The number of carbonyl (C=O) groups is 2. The lowest BCUT2D eigenvalue weighted by molar-refractivity contribution is -0.384. The molecule has 1 aliphatic heterocycles. The van der Waals surface area contributed by atoms with E-state index in [9.17, 15) is 19.7 Å². The Morgan fingerprint density at radius 3 is 2.80 bits per heavy atom. The highest BCUT2D eigenvalue weighted by molar-refractivity contribution is 8.14. The second-order valence-electron chi connectivity index (χ2n) is 7.04. The van der Waals surface area contributed by atoms with Crippen molar-refractivity contribution < 1.29 is 19.2 Å². The highest BCUT2D eigenvalue weighted by Gasteiger charge is 2.33. The summed E-state index contributed by atoms with van der Waals surface area (Å²) in [5, 5.41) is 16.1. The normalized spacial score (nSPS) is 14.2. The molecule has 0 unspecified atom stereocenters. The summed E-state index contributed by atoms with van der Waals surface area (Å²) in [6.45, 7) is 0. The molecular formula is C23H17ClN4O5S2. The van der Waals surface area contributed by atoms with Gasteiger partial charge in [0.1, 0.15) is 11.4 Å². The third-order valence-corrected chi connectivity index (χ3v) is 6.77. The van der Waals surface area contributed by atoms with Gasteiger partial charge in [-0.05, 0) is 41.8 Å². The molecule has 0 radical (unpaired) electrons. The number of hydrogen-bond acceptors (Lipinski definition) is 8. The molecule has 0 fully saturated rings. The van der Waals surface area contributed by atoms with Crippen molar-refractivity contribution in [2.24, 2.45) is 4.99 Å². The number of hydrogen-bond donors (Lipinski definition) is 1. The summed E-state index contributed by atoms with van der Waals surface area (Å²) in [7, 11) is 1.49. The van der Waals surface area contributed by atoms with Gasteiger partial charge in [0.15, 0.2) is 5.17 Å². The Morgan fingerprint density at radius 2 is 2.11 bits per heavy atom. The molecule has 0 bridgehead atoms. The third-order valence-electron chi connectivity index (χ3n) is 4.72. The van der Waals surface area contributed by atoms with E-state index in [1.807, 2.05) is 17.5 Å². The number of thioether (sulfide) groups is 1. The number of benzene rings is 2. The van der Waals surface area contributed by atoms with Crippen LogP contribution in [0.1, 0.15) is 4.88 Å². The second-order valence-corrected chi connectivity index (χ2v) is 9.37. The molecule has 0 aliphatic carbocycles. The van der Waals surface area contributed by atoms with Crippen molar-refractivity contribution in [2.75, 3.05) is 23.1 Å². The fourth-order valence-corrected chi connectivity index (χ4v) is 4.86. The lowest BCUT2D eigenvalue weighted by Crippen LogP contribution is -2.31. The zero-order valence-electron chi connectivity index (χ0n) is 18.1. The average Bonchev–Trinajstić information content (AvgIpc) is 3.46. The number of carbonyl (C=O) groups excluding carboxylic acids is 2. The summed E-state index contributed by atoms with van der Waals surface area (Å²) in [4.78, 5) is 42.9. The molecule has 1 aliphatic rings. The van der Waals surface area contributed by atoms with Crippen LogP contribution in [0.2, 0.25) is 5.02 Å². The van der Waals surface area contributed by atoms with Crippen LogP contribution in [0.25, 0.3) is 6.08 Å². The maximum absolute atomic E-state index is 13.2. The van der Waals surface area contributed by atoms with E-state index in [1.165, 1.54) is 41.5 Å². The predicted molar refractivity (Wildman–Crippen MR) is 139 cm³/mol. The molecule has 2 aromatic carbocycles. The number of thiophene rings is 1. The van der Waals surface area contributed by atoms with Gasteiger partial charge in [-0.15, -0.1) is 11.3 Å². The molecule has 9 nitrogen and oxygen atoms in total. The van der Waals surface area contributed by atoms with Gasteiger partial charge in [-0.2, -0.15) is 0 Å². The minimum absolute atomic E-state index is 0.0819. The molecule has 4 rings (SSSR count). The number of methoxy groups -OCH3 is 1. The Labute approximate surface area is 213 Å². The van der Waals surface area contributed by atoms with Gasteiger partial charge in [0.25, 0.3) is 11.6 Å². The van der Waals surface area contributed by atoms with Crippen LogP contribution in [0, 0.1) is 10.1 Å². The summed E-state index contributed by atoms with van der Waals surface area (Å²) in [6.07, 6.45) is 1.68. The van der Waals surface area contributed by atoms with Crippen LogP contribution in [0.5, 0.6) is 5.75 Å². The first-order valence-electron chi connectivity index (χ1n) is 10.0. The lowest BCUT2D eigenvalue weighted by Gasteiger charge is -2.18. The molecule has 2 amide bonds. The molecule has 0 saturated heterocycles. The molecule has 178 valence electrons. The molecule has 12 heteroatoms. The maximum Gasteiger partial charge on any atom is 0.283 e. The minimum atomic E-state index is -0.539. The molecule has 1 aromatic heterocycles. The monoisotopic (exact) mass is 528 g/mol. The standard InChI is InChI=1S/C23H17ClN4O5S2/c1-33-20-8-7-15(11-18(20)24)27-22(30)19(12-17-6-3-9-34-17)26-23(27)35-13-21(29)25-14-4-2-5-16(10-14)28(31)32/h2-12H,13H2,1H3,(H,25,29)/b19-12+. The summed E-state index contributed by atoms with van der Waals surface area (Å²) in [6, 6.07) is 14.3. The van der Waals surface area contributed by atoms with Crippen molar-refractivity contribution >= 4 is 74.8 Å². The average molecular weight is 529 g/mol. The molecular weight excluding hydrogens is 512 g/mol. The van der Waals surface area contributed by atoms with E-state index in [1.54, 1.807) is 30.3 Å². The number of nitrogens with one attached hydrogen (secondary N) is 1. The van der Waals surface area contributed by atoms with Gasteiger partial charge in [0.2, 0.25) is 5.91 Å². The van der Waals surface area contributed by atoms with Gasteiger partial charge in [-0.3, -0.25) is 24.6 Å². The minimum Gasteiger partial charge on any atom is -0.495 e. The van der Waals surface area contributed by atoms with Crippen molar-refractivity contribution in [2.45, 2.75) is 0 Å². The fraction of sp³-hybridized carbons (Fsp3) is 0.0870. The number of nitro groups is 1. The van der Waals surface area contributed by atoms with E-state index >= 15 is 0 Å². The predicted octanol–water partition coefficient (Wildman–Crippen LogP) is 5.43. The molecule has 2 heterocycles. The fourth-order valence-electron chi connectivity index (χ4n) is 3.15. The van der Waals surface area contributed by atoms with E-state index in [4.69, 9.17) is 16.3 Å². The highest BCUT2D eigenvalue weighted by atomic mass is 35.5. The molecule has 1 N–H and O–H groups in total. The number of ether oxygens (including phenoxy) is 1. The molecule has 0 spiro atoms. The van der Waals surface area contributed by atoms with E-state index in [0.717, 1.165) is 16.6 Å². The second kappa shape index (κ2) is 10.7. The summed E-state index contributed by atoms with van der Waals surface area (Å²) in [5.74, 6) is -0.393. The van der Waals surface area contributed by atoms with Gasteiger partial charge in [0, 0.05) is 22.7 Å². The van der Waals surface area contributed by atoms with Crippen LogP contribution >= 0.6 is 34.7 Å². The van der Waals surface area contributed by atoms with Crippen LogP contribution in [0.3, 0.4) is 0 Å². The van der Waals surface area contributed by atoms with Gasteiger partial charge >= 0.3 is 0 Å². The summed E-state index contributed by atoms with van der Waals surface area (Å²) < 4.78 is 5.19. The van der Waals surface area contributed by atoms with Gasteiger partial charge in [-0.25, -0.2) is 4.99 Å². The highest BCUT2D eigenvalue weighted by Crippen LogP contribution is 2.34. The molecule has 0 atom stereocenters. The Bertz CT molecular complexity index is 1360. The first kappa shape index (κ1) is 24.5. The number of aliphatic imine (C=N–C) groups is 1. The van der Waals surface area contributed by atoms with Gasteiger partial charge in [0.05, 0.1) is 28.5 Å². The van der Waals surface area contributed by atoms with Crippen LogP contribution in [0.15, 0.2) is 70.7 Å². The van der Waals surface area contributed by atoms with Crippen molar-refractivity contribution in [3.05, 3.63) is 85.7 Å². The van der Waals surface area contributed by atoms with Crippen LogP contribution in [-0.4, -0.2) is 34.8 Å². The lowest BCUT2D eigenvalue weighted by atomic mass is 10.2. The van der Waals surface area contributed by atoms with E-state index < -0.39 is 10.8 Å². The van der Waals surface area contributed by atoms with E-state index in [2.05, 4.69) is 10.3 Å². The van der Waals surface area contributed by atoms with Crippen molar-refractivity contribution in [3.63, 3.8) is 0 Å². The number of non-ortho nitro benzene ring substituents is 1. The smallest absolute Gasteiger partial charge is 0.283 e. The number of amides is 2. The Morgan fingerprint density at radius 1 is 1.29 bits per heavy atom. The van der Waals surface area contributed by atoms with Crippen LogP contribution in [-0.2, 0) is 9.59 Å². The van der Waals surface area contributed by atoms with Crippen molar-refractivity contribution in [3.8, 4) is 5.75 Å². The zero-order chi connectivity index (χ0) is 24.9. The maximum atomic E-state index is 13.2. The van der Waals surface area contributed by atoms with Gasteiger partial charge < -0.3 is 10.1 Å². The summed E-state index contributed by atoms with van der Waals surface area (Å²) >= 11 is 8.80. The Balaban J connectivity index is 1.56. The Hall–Kier alpha value is -3.67. The largest absolute Gasteiger partial charge is 0.495 e. The molecule has 0 saturated carbocycles. The Kier molecular flexibility index (Phi) is 7.49. The number of halogens is 1. The first-order valence-corrected chi connectivity index (χ1v) is 12.3. The number of nitro benzene ring substituents is 1. The zero-order valence-corrected chi connectivity index (χ0v) is 20.5. The molecule has 3 aromatic rings. The van der Waals surface area contributed by atoms with E-state index in [-0.39, 0.29) is 23.0 Å². The van der Waals surface area contributed by atoms with Crippen molar-refractivity contribution in [1.29, 1.82) is 0 Å². The van der Waals surface area contributed by atoms with Gasteiger partial charge in [-0.1, -0.05) is 35.5 Å². The third kappa shape index (κ3) is 5.70.